The van der Waals surface area contributed by atoms with Crippen LogP contribution in [0.3, 0.4) is 0 Å². The van der Waals surface area contributed by atoms with Crippen LogP contribution in [0.25, 0.3) is 0 Å². The van der Waals surface area contributed by atoms with E-state index in [0.717, 1.165) is 40.6 Å². The van der Waals surface area contributed by atoms with E-state index >= 15 is 0 Å². The molecule has 0 atom stereocenters. The summed E-state index contributed by atoms with van der Waals surface area (Å²) in [4.78, 5) is 20.0. The molecular formula is C36H37N3O3S. The highest BCUT2D eigenvalue weighted by Crippen LogP contribution is 2.30. The molecule has 0 bridgehead atoms. The molecule has 0 fully saturated rings. The molecule has 1 N–H and O–H groups in total. The Kier molecular flexibility index (Phi) is 10.6. The maximum absolute atomic E-state index is 12.9. The molecule has 5 rings (SSSR count). The van der Waals surface area contributed by atoms with Gasteiger partial charge in [-0.25, -0.2) is 4.98 Å². The topological polar surface area (TPSA) is 63.7 Å². The Morgan fingerprint density at radius 2 is 1.49 bits per heavy atom. The summed E-state index contributed by atoms with van der Waals surface area (Å²) < 4.78 is 11.2. The molecule has 1 aromatic heterocycles. The number of ether oxygens (including phenoxy) is 2. The third-order valence-corrected chi connectivity index (χ3v) is 8.30. The van der Waals surface area contributed by atoms with E-state index in [2.05, 4.69) is 76.9 Å². The zero-order chi connectivity index (χ0) is 29.9. The molecule has 0 saturated carbocycles. The van der Waals surface area contributed by atoms with Crippen molar-refractivity contribution >= 4 is 17.2 Å². The van der Waals surface area contributed by atoms with Crippen LogP contribution in [0, 0.1) is 0 Å². The number of hydrogen-bond acceptors (Lipinski definition) is 6. The van der Waals surface area contributed by atoms with E-state index in [0.29, 0.717) is 25.3 Å². The highest BCUT2D eigenvalue weighted by molar-refractivity contribution is 7.09. The SMILES string of the molecule is COc1ccc(CN(CCC(c2ccccc2)c2ccccc2)Cc2nc(C(=O)NCc3ccccc3)cs2)c(OC)c1. The first-order valence-electron chi connectivity index (χ1n) is 14.4. The lowest BCUT2D eigenvalue weighted by molar-refractivity contribution is 0.0946. The minimum Gasteiger partial charge on any atom is -0.497 e. The Hall–Kier alpha value is -4.46. The molecule has 1 amide bonds. The van der Waals surface area contributed by atoms with E-state index in [4.69, 9.17) is 14.5 Å². The Morgan fingerprint density at radius 1 is 0.837 bits per heavy atom. The summed E-state index contributed by atoms with van der Waals surface area (Å²) in [5.74, 6) is 1.62. The number of nitrogens with one attached hydrogen (secondary N) is 1. The van der Waals surface area contributed by atoms with Crippen molar-refractivity contribution < 1.29 is 14.3 Å². The van der Waals surface area contributed by atoms with Gasteiger partial charge in [-0.15, -0.1) is 11.3 Å². The number of hydrogen-bond donors (Lipinski definition) is 1. The third kappa shape index (κ3) is 8.31. The van der Waals surface area contributed by atoms with Crippen molar-refractivity contribution in [2.24, 2.45) is 0 Å². The van der Waals surface area contributed by atoms with Crippen LogP contribution < -0.4 is 14.8 Å². The molecule has 7 heteroatoms. The van der Waals surface area contributed by atoms with Crippen LogP contribution in [0.1, 0.15) is 50.1 Å². The zero-order valence-corrected chi connectivity index (χ0v) is 25.4. The van der Waals surface area contributed by atoms with Crippen LogP contribution in [-0.2, 0) is 19.6 Å². The Labute approximate surface area is 258 Å². The van der Waals surface area contributed by atoms with Crippen molar-refractivity contribution in [1.29, 1.82) is 0 Å². The van der Waals surface area contributed by atoms with Gasteiger partial charge in [-0.1, -0.05) is 97.1 Å². The third-order valence-electron chi connectivity index (χ3n) is 7.47. The number of benzene rings is 4. The maximum Gasteiger partial charge on any atom is 0.271 e. The van der Waals surface area contributed by atoms with Crippen LogP contribution in [0.15, 0.2) is 115 Å². The van der Waals surface area contributed by atoms with Gasteiger partial charge in [0.1, 0.15) is 22.2 Å². The van der Waals surface area contributed by atoms with Gasteiger partial charge < -0.3 is 14.8 Å². The Morgan fingerprint density at radius 3 is 2.12 bits per heavy atom. The van der Waals surface area contributed by atoms with E-state index in [1.54, 1.807) is 14.2 Å². The lowest BCUT2D eigenvalue weighted by atomic mass is 9.88. The molecule has 43 heavy (non-hydrogen) atoms. The molecule has 0 saturated heterocycles. The molecule has 6 nitrogen and oxygen atoms in total. The van der Waals surface area contributed by atoms with Crippen molar-refractivity contribution in [2.75, 3.05) is 20.8 Å². The van der Waals surface area contributed by atoms with Gasteiger partial charge in [0, 0.05) is 36.0 Å². The highest BCUT2D eigenvalue weighted by atomic mass is 32.1. The first-order valence-corrected chi connectivity index (χ1v) is 15.3. The number of methoxy groups -OCH3 is 2. The summed E-state index contributed by atoms with van der Waals surface area (Å²) in [7, 11) is 3.34. The molecule has 0 aliphatic heterocycles. The summed E-state index contributed by atoms with van der Waals surface area (Å²) >= 11 is 1.52. The predicted molar refractivity (Wildman–Crippen MR) is 173 cm³/mol. The van der Waals surface area contributed by atoms with Crippen molar-refractivity contribution in [3.05, 3.63) is 148 Å². The van der Waals surface area contributed by atoms with Crippen molar-refractivity contribution in [3.8, 4) is 11.5 Å². The van der Waals surface area contributed by atoms with Crippen LogP contribution in [-0.4, -0.2) is 36.6 Å². The van der Waals surface area contributed by atoms with Crippen LogP contribution in [0.5, 0.6) is 11.5 Å². The lowest BCUT2D eigenvalue weighted by Crippen LogP contribution is -2.26. The number of carbonyl (C=O) groups is 1. The van der Waals surface area contributed by atoms with Gasteiger partial charge in [0.25, 0.3) is 5.91 Å². The second-order valence-corrected chi connectivity index (χ2v) is 11.3. The summed E-state index contributed by atoms with van der Waals surface area (Å²) in [6, 6.07) is 37.2. The minimum absolute atomic E-state index is 0.164. The summed E-state index contributed by atoms with van der Waals surface area (Å²) in [6.07, 6.45) is 0.919. The Bertz CT molecular complexity index is 1540. The van der Waals surface area contributed by atoms with E-state index < -0.39 is 0 Å². The summed E-state index contributed by atoms with van der Waals surface area (Å²) in [5.41, 5.74) is 5.16. The second-order valence-electron chi connectivity index (χ2n) is 10.3. The van der Waals surface area contributed by atoms with Gasteiger partial charge in [-0.3, -0.25) is 9.69 Å². The van der Waals surface area contributed by atoms with Crippen molar-refractivity contribution in [3.63, 3.8) is 0 Å². The van der Waals surface area contributed by atoms with E-state index in [1.165, 1.54) is 22.5 Å². The quantitative estimate of drug-likeness (QED) is 0.147. The molecule has 0 aliphatic carbocycles. The molecule has 0 spiro atoms. The van der Waals surface area contributed by atoms with Gasteiger partial charge in [-0.05, 0) is 35.7 Å². The number of amides is 1. The average Bonchev–Trinajstić information content (AvgIpc) is 3.54. The number of carbonyl (C=O) groups excluding carboxylic acids is 1. The summed E-state index contributed by atoms with van der Waals surface area (Å²) in [6.45, 7) is 2.57. The number of nitrogens with zero attached hydrogens (tertiary/aromatic N) is 2. The molecule has 0 aliphatic rings. The smallest absolute Gasteiger partial charge is 0.271 e. The molecule has 4 aromatic carbocycles. The van der Waals surface area contributed by atoms with Crippen molar-refractivity contribution in [1.82, 2.24) is 15.2 Å². The first-order chi connectivity index (χ1) is 21.1. The molecule has 5 aromatic rings. The van der Waals surface area contributed by atoms with Gasteiger partial charge in [-0.2, -0.15) is 0 Å². The molecule has 1 heterocycles. The first kappa shape index (κ1) is 30.0. The van der Waals surface area contributed by atoms with Gasteiger partial charge in [0.05, 0.1) is 20.8 Å². The average molecular weight is 592 g/mol. The number of thiazole rings is 1. The lowest BCUT2D eigenvalue weighted by Gasteiger charge is -2.26. The largest absolute Gasteiger partial charge is 0.497 e. The fourth-order valence-electron chi connectivity index (χ4n) is 5.19. The maximum atomic E-state index is 12.9. The normalized spacial score (nSPS) is 11.1. The van der Waals surface area contributed by atoms with Crippen molar-refractivity contribution in [2.45, 2.75) is 32.0 Å². The minimum atomic E-state index is -0.164. The van der Waals surface area contributed by atoms with E-state index in [9.17, 15) is 4.79 Å². The highest BCUT2D eigenvalue weighted by Gasteiger charge is 2.19. The molecule has 0 unspecified atom stereocenters. The molecule has 0 radical (unpaired) electrons. The van der Waals surface area contributed by atoms with E-state index in [-0.39, 0.29) is 11.8 Å². The number of rotatable bonds is 14. The van der Waals surface area contributed by atoms with Crippen LogP contribution >= 0.6 is 11.3 Å². The van der Waals surface area contributed by atoms with Crippen LogP contribution in [0.2, 0.25) is 0 Å². The van der Waals surface area contributed by atoms with E-state index in [1.807, 2.05) is 47.8 Å². The van der Waals surface area contributed by atoms with Gasteiger partial charge in [0.2, 0.25) is 0 Å². The number of aromatic nitrogens is 1. The molecular weight excluding hydrogens is 554 g/mol. The van der Waals surface area contributed by atoms with Gasteiger partial charge in [0.15, 0.2) is 0 Å². The predicted octanol–water partition coefficient (Wildman–Crippen LogP) is 7.31. The second kappa shape index (κ2) is 15.1. The Balaban J connectivity index is 1.35. The monoisotopic (exact) mass is 591 g/mol. The van der Waals surface area contributed by atoms with Gasteiger partial charge >= 0.3 is 0 Å². The fourth-order valence-corrected chi connectivity index (χ4v) is 6.01. The summed E-state index contributed by atoms with van der Waals surface area (Å²) in [5, 5.41) is 5.73. The standard InChI is InChI=1S/C36H37N3O3S/c1-41-31-19-18-30(34(22-31)42-2)24-39(21-20-32(28-14-8-4-9-15-28)29-16-10-5-11-17-29)25-35-38-33(26-43-35)36(40)37-23-27-12-6-3-7-13-27/h3-19,22,26,32H,20-21,23-25H2,1-2H3,(H,37,40). The van der Waals surface area contributed by atoms with Crippen LogP contribution in [0.4, 0.5) is 0 Å². The molecule has 220 valence electrons. The zero-order valence-electron chi connectivity index (χ0n) is 24.6. The fraction of sp³-hybridized carbons (Fsp3) is 0.222.